The first-order chi connectivity index (χ1) is 9.49. The van der Waals surface area contributed by atoms with E-state index < -0.39 is 0 Å². The van der Waals surface area contributed by atoms with Crippen LogP contribution >= 0.6 is 15.9 Å². The monoisotopic (exact) mass is 337 g/mol. The second kappa shape index (κ2) is 5.39. The average molecular weight is 338 g/mol. The number of nitrogens with zero attached hydrogens (tertiary/aromatic N) is 2. The quantitative estimate of drug-likeness (QED) is 0.896. The van der Waals surface area contributed by atoms with Gasteiger partial charge in [-0.3, -0.25) is 9.88 Å². The highest BCUT2D eigenvalue weighted by Gasteiger charge is 2.44. The first kappa shape index (κ1) is 14.5. The number of aromatic nitrogens is 1. The predicted octanol–water partition coefficient (Wildman–Crippen LogP) is 3.34. The Morgan fingerprint density at radius 2 is 2.05 bits per heavy atom. The smallest absolute Gasteiger partial charge is 0.0545 e. The normalized spacial score (nSPS) is 25.1. The van der Waals surface area contributed by atoms with Crippen LogP contribution in [0, 0.1) is 0 Å². The summed E-state index contributed by atoms with van der Waals surface area (Å²) in [5.41, 5.74) is 1.73. The Kier molecular flexibility index (Phi) is 3.91. The lowest BCUT2D eigenvalue weighted by molar-refractivity contribution is 0.0208. The fraction of sp³-hybridized carbons (Fsp3) is 0.688. The minimum atomic E-state index is 0.197. The number of halogens is 1. The van der Waals surface area contributed by atoms with Crippen molar-refractivity contribution in [1.29, 1.82) is 0 Å². The Hall–Kier alpha value is -0.450. The molecule has 0 bridgehead atoms. The summed E-state index contributed by atoms with van der Waals surface area (Å²) in [6, 6.07) is 4.21. The minimum absolute atomic E-state index is 0.197. The molecule has 3 rings (SSSR count). The molecule has 0 unspecified atom stereocenters. The van der Waals surface area contributed by atoms with E-state index in [1.54, 1.807) is 0 Å². The van der Waals surface area contributed by atoms with Crippen LogP contribution in [0.15, 0.2) is 22.8 Å². The Labute approximate surface area is 130 Å². The first-order valence-electron chi connectivity index (χ1n) is 7.60. The predicted molar refractivity (Wildman–Crippen MR) is 85.6 cm³/mol. The van der Waals surface area contributed by atoms with E-state index in [2.05, 4.69) is 57.1 Å². The summed E-state index contributed by atoms with van der Waals surface area (Å²) in [5.74, 6) is 0. The van der Waals surface area contributed by atoms with Crippen molar-refractivity contribution in [2.45, 2.75) is 57.2 Å². The summed E-state index contributed by atoms with van der Waals surface area (Å²) in [4.78, 5) is 7.16. The third-order valence-corrected chi connectivity index (χ3v) is 5.42. The van der Waals surface area contributed by atoms with Crippen molar-refractivity contribution in [1.82, 2.24) is 15.2 Å². The highest BCUT2D eigenvalue weighted by molar-refractivity contribution is 9.10. The zero-order chi connectivity index (χ0) is 14.2. The molecule has 2 aliphatic rings. The van der Waals surface area contributed by atoms with Crippen molar-refractivity contribution in [2.75, 3.05) is 13.1 Å². The molecule has 1 aliphatic heterocycles. The Morgan fingerprint density at radius 1 is 1.30 bits per heavy atom. The van der Waals surface area contributed by atoms with E-state index in [-0.39, 0.29) is 5.54 Å². The topological polar surface area (TPSA) is 28.2 Å². The fourth-order valence-corrected chi connectivity index (χ4v) is 3.74. The summed E-state index contributed by atoms with van der Waals surface area (Å²) in [5, 5.41) is 3.84. The van der Waals surface area contributed by atoms with Gasteiger partial charge in [0.25, 0.3) is 0 Å². The lowest BCUT2D eigenvalue weighted by Gasteiger charge is -2.51. The van der Waals surface area contributed by atoms with Gasteiger partial charge in [-0.2, -0.15) is 0 Å². The van der Waals surface area contributed by atoms with Crippen LogP contribution in [0.2, 0.25) is 0 Å². The SMILES string of the molecule is CC1(C)CNC2(CCCC2)CN1Cc1ccc(Br)cn1. The molecule has 4 heteroatoms. The zero-order valence-corrected chi connectivity index (χ0v) is 14.0. The number of nitrogens with one attached hydrogen (secondary N) is 1. The molecule has 0 amide bonds. The molecule has 0 atom stereocenters. The van der Waals surface area contributed by atoms with Gasteiger partial charge in [0.05, 0.1) is 5.69 Å². The van der Waals surface area contributed by atoms with Gasteiger partial charge < -0.3 is 5.32 Å². The average Bonchev–Trinajstić information content (AvgIpc) is 2.86. The van der Waals surface area contributed by atoms with Gasteiger partial charge in [-0.1, -0.05) is 12.8 Å². The van der Waals surface area contributed by atoms with Crippen molar-refractivity contribution in [2.24, 2.45) is 0 Å². The summed E-state index contributed by atoms with van der Waals surface area (Å²) in [7, 11) is 0. The number of rotatable bonds is 2. The maximum absolute atomic E-state index is 4.54. The highest BCUT2D eigenvalue weighted by Crippen LogP contribution is 2.36. The molecule has 1 aromatic heterocycles. The van der Waals surface area contributed by atoms with Crippen molar-refractivity contribution in [3.63, 3.8) is 0 Å². The molecule has 1 aromatic rings. The molecule has 2 fully saturated rings. The number of hydrogen-bond acceptors (Lipinski definition) is 3. The van der Waals surface area contributed by atoms with Crippen molar-refractivity contribution in [3.05, 3.63) is 28.5 Å². The molecule has 20 heavy (non-hydrogen) atoms. The van der Waals surface area contributed by atoms with Gasteiger partial charge >= 0.3 is 0 Å². The third kappa shape index (κ3) is 2.92. The lowest BCUT2D eigenvalue weighted by atomic mass is 9.87. The number of pyridine rings is 1. The largest absolute Gasteiger partial charge is 0.308 e. The van der Waals surface area contributed by atoms with Crippen molar-refractivity contribution in [3.8, 4) is 0 Å². The van der Waals surface area contributed by atoms with Gasteiger partial charge in [-0.05, 0) is 54.8 Å². The van der Waals surface area contributed by atoms with Crippen LogP contribution in [0.25, 0.3) is 0 Å². The number of hydrogen-bond donors (Lipinski definition) is 1. The van der Waals surface area contributed by atoms with Crippen LogP contribution in [-0.2, 0) is 6.54 Å². The molecule has 1 saturated carbocycles. The second-order valence-corrected chi connectivity index (χ2v) is 7.89. The van der Waals surface area contributed by atoms with Gasteiger partial charge in [0, 0.05) is 41.4 Å². The van der Waals surface area contributed by atoms with Crippen LogP contribution in [0.3, 0.4) is 0 Å². The Morgan fingerprint density at radius 3 is 2.70 bits per heavy atom. The van der Waals surface area contributed by atoms with E-state index in [0.29, 0.717) is 5.54 Å². The molecular formula is C16H24BrN3. The van der Waals surface area contributed by atoms with Crippen LogP contribution in [-0.4, -0.2) is 34.1 Å². The highest BCUT2D eigenvalue weighted by atomic mass is 79.9. The minimum Gasteiger partial charge on any atom is -0.308 e. The first-order valence-corrected chi connectivity index (χ1v) is 8.39. The van der Waals surface area contributed by atoms with E-state index in [9.17, 15) is 0 Å². The van der Waals surface area contributed by atoms with E-state index >= 15 is 0 Å². The van der Waals surface area contributed by atoms with Gasteiger partial charge in [0.2, 0.25) is 0 Å². The van der Waals surface area contributed by atoms with E-state index in [0.717, 1.165) is 29.8 Å². The maximum atomic E-state index is 4.54. The van der Waals surface area contributed by atoms with Gasteiger partial charge in [0.15, 0.2) is 0 Å². The van der Waals surface area contributed by atoms with Crippen molar-refractivity contribution < 1.29 is 0 Å². The third-order valence-electron chi connectivity index (χ3n) is 4.95. The summed E-state index contributed by atoms with van der Waals surface area (Å²) in [6.45, 7) is 7.84. The zero-order valence-electron chi connectivity index (χ0n) is 12.5. The second-order valence-electron chi connectivity index (χ2n) is 6.98. The molecule has 0 aromatic carbocycles. The molecule has 1 saturated heterocycles. The molecule has 0 radical (unpaired) electrons. The Balaban J connectivity index is 1.76. The molecular weight excluding hydrogens is 314 g/mol. The van der Waals surface area contributed by atoms with Crippen LogP contribution in [0.1, 0.15) is 45.2 Å². The van der Waals surface area contributed by atoms with E-state index in [4.69, 9.17) is 0 Å². The summed E-state index contributed by atoms with van der Waals surface area (Å²) in [6.07, 6.45) is 7.30. The molecule has 1 spiro atoms. The van der Waals surface area contributed by atoms with Crippen molar-refractivity contribution >= 4 is 15.9 Å². The van der Waals surface area contributed by atoms with Crippen LogP contribution in [0.4, 0.5) is 0 Å². The fourth-order valence-electron chi connectivity index (χ4n) is 3.50. The van der Waals surface area contributed by atoms with Crippen LogP contribution < -0.4 is 5.32 Å². The van der Waals surface area contributed by atoms with Gasteiger partial charge in [0.1, 0.15) is 0 Å². The van der Waals surface area contributed by atoms with E-state index in [1.807, 2.05) is 6.20 Å². The molecule has 1 aliphatic carbocycles. The molecule has 1 N–H and O–H groups in total. The molecule has 2 heterocycles. The van der Waals surface area contributed by atoms with Gasteiger partial charge in [-0.15, -0.1) is 0 Å². The summed E-state index contributed by atoms with van der Waals surface area (Å²) >= 11 is 3.46. The standard InChI is InChI=1S/C16H24BrN3/c1-15(2)11-19-16(7-3-4-8-16)12-20(15)10-14-6-5-13(17)9-18-14/h5-6,9,19H,3-4,7-8,10-12H2,1-2H3. The van der Waals surface area contributed by atoms with E-state index in [1.165, 1.54) is 25.7 Å². The Bertz CT molecular complexity index is 463. The number of piperazine rings is 1. The lowest BCUT2D eigenvalue weighted by Crippen LogP contribution is -2.66. The van der Waals surface area contributed by atoms with Crippen LogP contribution in [0.5, 0.6) is 0 Å². The molecule has 110 valence electrons. The van der Waals surface area contributed by atoms with Gasteiger partial charge in [-0.25, -0.2) is 0 Å². The summed E-state index contributed by atoms with van der Waals surface area (Å²) < 4.78 is 1.05. The molecule has 3 nitrogen and oxygen atoms in total. The maximum Gasteiger partial charge on any atom is 0.0545 e.